The van der Waals surface area contributed by atoms with E-state index in [0.29, 0.717) is 5.69 Å². The Morgan fingerprint density at radius 2 is 1.60 bits per heavy atom. The zero-order chi connectivity index (χ0) is 17.8. The minimum Gasteiger partial charge on any atom is -0.378 e. The maximum absolute atomic E-state index is 11.3. The quantitative estimate of drug-likeness (QED) is 0.479. The molecule has 8 heteroatoms. The molecular formula is C17H16N6O2. The summed E-state index contributed by atoms with van der Waals surface area (Å²) in [6.07, 6.45) is 0. The van der Waals surface area contributed by atoms with Crippen molar-refractivity contribution in [1.82, 2.24) is 9.97 Å². The molecule has 3 rings (SSSR count). The summed E-state index contributed by atoms with van der Waals surface area (Å²) in [6, 6.07) is 16.6. The molecule has 0 saturated carbocycles. The number of benzene rings is 2. The van der Waals surface area contributed by atoms with Gasteiger partial charge in [0.25, 0.3) is 0 Å². The van der Waals surface area contributed by atoms with Gasteiger partial charge in [-0.1, -0.05) is 35.9 Å². The van der Waals surface area contributed by atoms with E-state index < -0.39 is 4.92 Å². The Hall–Kier alpha value is -3.68. The summed E-state index contributed by atoms with van der Waals surface area (Å²) in [5, 5.41) is 17.3. The molecule has 0 radical (unpaired) electrons. The Bertz CT molecular complexity index is 897. The van der Waals surface area contributed by atoms with Crippen molar-refractivity contribution in [1.29, 1.82) is 0 Å². The number of nitrogens with two attached hydrogens (primary N) is 1. The van der Waals surface area contributed by atoms with Crippen LogP contribution in [0.4, 0.5) is 34.6 Å². The van der Waals surface area contributed by atoms with E-state index in [1.165, 1.54) is 0 Å². The molecule has 0 fully saturated rings. The van der Waals surface area contributed by atoms with Crippen LogP contribution in [0.25, 0.3) is 0 Å². The lowest BCUT2D eigenvalue weighted by molar-refractivity contribution is -0.383. The van der Waals surface area contributed by atoms with Gasteiger partial charge in [-0.15, -0.1) is 0 Å². The molecule has 0 amide bonds. The highest BCUT2D eigenvalue weighted by Crippen LogP contribution is 2.32. The van der Waals surface area contributed by atoms with E-state index in [-0.39, 0.29) is 23.3 Å². The van der Waals surface area contributed by atoms with Crippen LogP contribution >= 0.6 is 0 Å². The molecule has 4 N–H and O–H groups in total. The average Bonchev–Trinajstić information content (AvgIpc) is 2.57. The minimum atomic E-state index is -0.599. The first-order valence-electron chi connectivity index (χ1n) is 7.50. The van der Waals surface area contributed by atoms with Crippen LogP contribution in [0.2, 0.25) is 0 Å². The average molecular weight is 336 g/mol. The first kappa shape index (κ1) is 16.2. The van der Waals surface area contributed by atoms with Crippen molar-refractivity contribution in [2.75, 3.05) is 16.4 Å². The number of anilines is 5. The first-order chi connectivity index (χ1) is 12.0. The van der Waals surface area contributed by atoms with Gasteiger partial charge in [0.05, 0.1) is 4.92 Å². The third kappa shape index (κ3) is 3.81. The van der Waals surface area contributed by atoms with Gasteiger partial charge in [0.1, 0.15) is 0 Å². The van der Waals surface area contributed by atoms with Gasteiger partial charge in [0, 0.05) is 11.4 Å². The van der Waals surface area contributed by atoms with Gasteiger partial charge in [-0.3, -0.25) is 10.1 Å². The Labute approximate surface area is 143 Å². The topological polar surface area (TPSA) is 119 Å². The molecule has 0 saturated heterocycles. The fourth-order valence-electron chi connectivity index (χ4n) is 2.22. The lowest BCUT2D eigenvalue weighted by Gasteiger charge is -2.11. The zero-order valence-electron chi connectivity index (χ0n) is 13.4. The van der Waals surface area contributed by atoms with Crippen LogP contribution in [0.1, 0.15) is 5.56 Å². The Balaban J connectivity index is 1.98. The highest BCUT2D eigenvalue weighted by molar-refractivity contribution is 5.75. The predicted octanol–water partition coefficient (Wildman–Crippen LogP) is 3.76. The summed E-state index contributed by atoms with van der Waals surface area (Å²) >= 11 is 0. The number of para-hydroxylation sites is 1. The van der Waals surface area contributed by atoms with Crippen LogP contribution in [0, 0.1) is 17.0 Å². The van der Waals surface area contributed by atoms with Crippen molar-refractivity contribution in [3.63, 3.8) is 0 Å². The van der Waals surface area contributed by atoms with Crippen LogP contribution in [0.15, 0.2) is 54.6 Å². The lowest BCUT2D eigenvalue weighted by Crippen LogP contribution is -2.08. The molecule has 2 aromatic carbocycles. The third-order valence-corrected chi connectivity index (χ3v) is 3.44. The molecule has 1 heterocycles. The molecule has 1 aromatic heterocycles. The number of nitro groups is 1. The van der Waals surface area contributed by atoms with Crippen molar-refractivity contribution >= 4 is 34.6 Å². The Kier molecular flexibility index (Phi) is 4.42. The summed E-state index contributed by atoms with van der Waals surface area (Å²) in [5.74, 6) is -0.0169. The number of nitrogens with zero attached hydrogens (tertiary/aromatic N) is 3. The molecule has 0 aliphatic heterocycles. The van der Waals surface area contributed by atoms with Crippen molar-refractivity contribution in [3.8, 4) is 0 Å². The first-order valence-corrected chi connectivity index (χ1v) is 7.50. The molecule has 3 aromatic rings. The van der Waals surface area contributed by atoms with Gasteiger partial charge in [0.2, 0.25) is 17.6 Å². The standard InChI is InChI=1S/C17H16N6O2/c1-11-7-9-13(10-8-11)19-16-14(23(24)25)15(18)21-17(22-16)20-12-5-3-2-4-6-12/h2-10H,1H3,(H4,18,19,20,21,22). The molecule has 25 heavy (non-hydrogen) atoms. The van der Waals surface area contributed by atoms with Gasteiger partial charge < -0.3 is 16.4 Å². The van der Waals surface area contributed by atoms with Crippen LogP contribution < -0.4 is 16.4 Å². The zero-order valence-corrected chi connectivity index (χ0v) is 13.4. The fraction of sp³-hybridized carbons (Fsp3) is 0.0588. The second-order valence-electron chi connectivity index (χ2n) is 5.37. The van der Waals surface area contributed by atoms with E-state index in [2.05, 4.69) is 20.6 Å². The maximum atomic E-state index is 11.3. The molecule has 0 aliphatic rings. The van der Waals surface area contributed by atoms with Gasteiger partial charge in [-0.2, -0.15) is 9.97 Å². The number of nitrogens with one attached hydrogen (secondary N) is 2. The van der Waals surface area contributed by atoms with E-state index >= 15 is 0 Å². The number of aryl methyl sites for hydroxylation is 1. The molecule has 0 aliphatic carbocycles. The number of rotatable bonds is 5. The summed E-state index contributed by atoms with van der Waals surface area (Å²) in [4.78, 5) is 18.9. The SMILES string of the molecule is Cc1ccc(Nc2nc(Nc3ccccc3)nc(N)c2[N+](=O)[O-])cc1. The molecule has 8 nitrogen and oxygen atoms in total. The van der Waals surface area contributed by atoms with E-state index in [4.69, 9.17) is 5.73 Å². The highest BCUT2D eigenvalue weighted by Gasteiger charge is 2.23. The molecule has 0 atom stereocenters. The van der Waals surface area contributed by atoms with Gasteiger partial charge in [0.15, 0.2) is 0 Å². The summed E-state index contributed by atoms with van der Waals surface area (Å²) in [5.41, 5.74) is 7.91. The fourth-order valence-corrected chi connectivity index (χ4v) is 2.22. The number of aromatic nitrogens is 2. The normalized spacial score (nSPS) is 10.3. The molecule has 126 valence electrons. The monoisotopic (exact) mass is 336 g/mol. The van der Waals surface area contributed by atoms with Crippen LogP contribution in [-0.4, -0.2) is 14.9 Å². The third-order valence-electron chi connectivity index (χ3n) is 3.44. The van der Waals surface area contributed by atoms with Crippen molar-refractivity contribution in [2.24, 2.45) is 0 Å². The largest absolute Gasteiger partial charge is 0.378 e. The molecule has 0 spiro atoms. The van der Waals surface area contributed by atoms with Crippen LogP contribution in [0.5, 0.6) is 0 Å². The van der Waals surface area contributed by atoms with E-state index in [9.17, 15) is 10.1 Å². The van der Waals surface area contributed by atoms with Crippen LogP contribution in [-0.2, 0) is 0 Å². The second kappa shape index (κ2) is 6.83. The summed E-state index contributed by atoms with van der Waals surface area (Å²) in [7, 11) is 0. The summed E-state index contributed by atoms with van der Waals surface area (Å²) < 4.78 is 0. The minimum absolute atomic E-state index is 0.0276. The summed E-state index contributed by atoms with van der Waals surface area (Å²) in [6.45, 7) is 1.96. The highest BCUT2D eigenvalue weighted by atomic mass is 16.6. The van der Waals surface area contributed by atoms with E-state index in [1.807, 2.05) is 61.5 Å². The van der Waals surface area contributed by atoms with Crippen molar-refractivity contribution in [2.45, 2.75) is 6.92 Å². The molecular weight excluding hydrogens is 320 g/mol. The van der Waals surface area contributed by atoms with Crippen molar-refractivity contribution in [3.05, 3.63) is 70.3 Å². The Morgan fingerprint density at radius 3 is 2.24 bits per heavy atom. The van der Waals surface area contributed by atoms with Gasteiger partial charge >= 0.3 is 5.69 Å². The second-order valence-corrected chi connectivity index (χ2v) is 5.37. The number of hydrogen-bond acceptors (Lipinski definition) is 7. The molecule has 0 unspecified atom stereocenters. The van der Waals surface area contributed by atoms with Gasteiger partial charge in [-0.25, -0.2) is 0 Å². The van der Waals surface area contributed by atoms with E-state index in [1.54, 1.807) is 0 Å². The van der Waals surface area contributed by atoms with Crippen LogP contribution in [0.3, 0.4) is 0 Å². The number of hydrogen-bond donors (Lipinski definition) is 3. The van der Waals surface area contributed by atoms with E-state index in [0.717, 1.165) is 11.3 Å². The Morgan fingerprint density at radius 1 is 0.960 bits per heavy atom. The van der Waals surface area contributed by atoms with Gasteiger partial charge in [-0.05, 0) is 31.2 Å². The number of nitrogen functional groups attached to an aromatic ring is 1. The lowest BCUT2D eigenvalue weighted by atomic mass is 10.2. The maximum Gasteiger partial charge on any atom is 0.353 e. The molecule has 0 bridgehead atoms. The van der Waals surface area contributed by atoms with Crippen molar-refractivity contribution < 1.29 is 4.92 Å². The smallest absolute Gasteiger partial charge is 0.353 e. The predicted molar refractivity (Wildman–Crippen MR) is 97.3 cm³/mol.